The van der Waals surface area contributed by atoms with Crippen LogP contribution < -0.4 is 0 Å². The van der Waals surface area contributed by atoms with E-state index in [1.165, 1.54) is 0 Å². The highest BCUT2D eigenvalue weighted by molar-refractivity contribution is 7.99. The molecule has 0 radical (unpaired) electrons. The zero-order chi connectivity index (χ0) is 18.6. The van der Waals surface area contributed by atoms with Gasteiger partial charge in [0.1, 0.15) is 6.04 Å². The molecule has 6 heteroatoms. The third kappa shape index (κ3) is 4.09. The molecule has 1 saturated heterocycles. The monoisotopic (exact) mass is 372 g/mol. The van der Waals surface area contributed by atoms with Crippen molar-refractivity contribution in [3.05, 3.63) is 59.9 Å². The number of pyridine rings is 1. The van der Waals surface area contributed by atoms with E-state index in [-0.39, 0.29) is 0 Å². The average molecular weight is 372 g/mol. The third-order valence-electron chi connectivity index (χ3n) is 4.93. The maximum Gasteiger partial charge on any atom is 0.325 e. The molecule has 0 unspecified atom stereocenters. The first-order valence-electron chi connectivity index (χ1n) is 8.86. The molecule has 1 aliphatic rings. The van der Waals surface area contributed by atoms with Crippen LogP contribution in [0, 0.1) is 0 Å². The summed E-state index contributed by atoms with van der Waals surface area (Å²) < 4.78 is 0. The van der Waals surface area contributed by atoms with Gasteiger partial charge in [0, 0.05) is 35.9 Å². The van der Waals surface area contributed by atoms with E-state index in [1.54, 1.807) is 24.2 Å². The Kier molecular flexibility index (Phi) is 5.96. The van der Waals surface area contributed by atoms with Crippen molar-refractivity contribution < 1.29 is 15.0 Å². The Morgan fingerprint density at radius 1 is 1.27 bits per heavy atom. The largest absolute Gasteiger partial charge is 0.480 e. The molecule has 3 rings (SSSR count). The molecular formula is C20H24N2O3S. The molecule has 5 nitrogen and oxygen atoms in total. The quantitative estimate of drug-likeness (QED) is 0.758. The molecular weight excluding hydrogens is 348 g/mol. The van der Waals surface area contributed by atoms with E-state index in [0.29, 0.717) is 25.9 Å². The summed E-state index contributed by atoms with van der Waals surface area (Å²) in [5.74, 6) is 0.133. The molecule has 1 fully saturated rings. The van der Waals surface area contributed by atoms with Gasteiger partial charge in [0.15, 0.2) is 0 Å². The van der Waals surface area contributed by atoms with Gasteiger partial charge in [-0.25, -0.2) is 0 Å². The number of aliphatic hydroxyl groups is 1. The fraction of sp³-hybridized carbons (Fsp3) is 0.400. The first-order chi connectivity index (χ1) is 12.5. The molecule has 0 bridgehead atoms. The Hall–Kier alpha value is -1.89. The predicted molar refractivity (Wildman–Crippen MR) is 102 cm³/mol. The highest BCUT2D eigenvalue weighted by atomic mass is 32.2. The molecule has 0 amide bonds. The van der Waals surface area contributed by atoms with Crippen LogP contribution in [0.25, 0.3) is 0 Å². The minimum atomic E-state index is -0.935. The number of carbonyl (C=O) groups is 1. The number of nitrogens with zero attached hydrogens (tertiary/aromatic N) is 2. The van der Waals surface area contributed by atoms with Gasteiger partial charge >= 0.3 is 5.97 Å². The summed E-state index contributed by atoms with van der Waals surface area (Å²) in [6.45, 7) is 3.14. The Morgan fingerprint density at radius 3 is 2.50 bits per heavy atom. The number of hydrogen-bond acceptors (Lipinski definition) is 5. The molecule has 0 spiro atoms. The van der Waals surface area contributed by atoms with Gasteiger partial charge in [-0.15, -0.1) is 11.8 Å². The van der Waals surface area contributed by atoms with E-state index in [4.69, 9.17) is 0 Å². The van der Waals surface area contributed by atoms with Crippen molar-refractivity contribution in [1.82, 2.24) is 9.88 Å². The first kappa shape index (κ1) is 18.9. The Morgan fingerprint density at radius 2 is 1.96 bits per heavy atom. The normalized spacial score (nSPS) is 18.4. The summed E-state index contributed by atoms with van der Waals surface area (Å²) in [7, 11) is 0. The molecule has 1 atom stereocenters. The molecule has 0 aliphatic carbocycles. The van der Waals surface area contributed by atoms with Crippen LogP contribution in [-0.2, 0) is 10.4 Å². The van der Waals surface area contributed by atoms with Crippen molar-refractivity contribution in [2.45, 2.75) is 36.3 Å². The SMILES string of the molecule is CCSc1ccc([C@@H](C(=O)O)N2CCC(O)(c3cccnc3)CC2)cc1. The van der Waals surface area contributed by atoms with Crippen LogP contribution in [0.1, 0.15) is 36.9 Å². The maximum absolute atomic E-state index is 11.9. The molecule has 2 N–H and O–H groups in total. The second kappa shape index (κ2) is 8.20. The van der Waals surface area contributed by atoms with E-state index in [1.807, 2.05) is 41.3 Å². The smallest absolute Gasteiger partial charge is 0.325 e. The Balaban J connectivity index is 1.73. The molecule has 0 saturated carbocycles. The average Bonchev–Trinajstić information content (AvgIpc) is 2.66. The summed E-state index contributed by atoms with van der Waals surface area (Å²) in [5.41, 5.74) is 0.646. The van der Waals surface area contributed by atoms with Gasteiger partial charge in [-0.05, 0) is 42.4 Å². The van der Waals surface area contributed by atoms with Crippen LogP contribution in [0.15, 0.2) is 53.7 Å². The van der Waals surface area contributed by atoms with Gasteiger partial charge < -0.3 is 10.2 Å². The second-order valence-corrected chi connectivity index (χ2v) is 7.89. The van der Waals surface area contributed by atoms with Crippen molar-refractivity contribution in [3.63, 3.8) is 0 Å². The summed E-state index contributed by atoms with van der Waals surface area (Å²) in [5, 5.41) is 20.7. The predicted octanol–water partition coefficient (Wildman–Crippen LogP) is 3.30. The van der Waals surface area contributed by atoms with Crippen molar-refractivity contribution in [1.29, 1.82) is 0 Å². The highest BCUT2D eigenvalue weighted by Gasteiger charge is 2.38. The first-order valence-corrected chi connectivity index (χ1v) is 9.84. The Bertz CT molecular complexity index is 728. The van der Waals surface area contributed by atoms with Crippen LogP contribution >= 0.6 is 11.8 Å². The zero-order valence-corrected chi connectivity index (χ0v) is 15.7. The molecule has 1 aliphatic heterocycles. The molecule has 138 valence electrons. The second-order valence-electron chi connectivity index (χ2n) is 6.55. The van der Waals surface area contributed by atoms with Crippen LogP contribution in [0.2, 0.25) is 0 Å². The number of hydrogen-bond donors (Lipinski definition) is 2. The molecule has 2 heterocycles. The Labute approximate surface area is 158 Å². The lowest BCUT2D eigenvalue weighted by Crippen LogP contribution is -2.46. The van der Waals surface area contributed by atoms with Crippen molar-refractivity contribution in [2.24, 2.45) is 0 Å². The summed E-state index contributed by atoms with van der Waals surface area (Å²) >= 11 is 1.74. The fourth-order valence-corrected chi connectivity index (χ4v) is 4.16. The molecule has 26 heavy (non-hydrogen) atoms. The highest BCUT2D eigenvalue weighted by Crippen LogP contribution is 2.36. The van der Waals surface area contributed by atoms with Gasteiger partial charge in [-0.2, -0.15) is 0 Å². The van der Waals surface area contributed by atoms with Gasteiger partial charge in [0.25, 0.3) is 0 Å². The number of benzene rings is 1. The van der Waals surface area contributed by atoms with Crippen molar-refractivity contribution in [2.75, 3.05) is 18.8 Å². The molecule has 1 aromatic heterocycles. The van der Waals surface area contributed by atoms with Crippen LogP contribution in [0.3, 0.4) is 0 Å². The molecule has 1 aromatic carbocycles. The van der Waals surface area contributed by atoms with Gasteiger partial charge in [0.05, 0.1) is 5.60 Å². The van der Waals surface area contributed by atoms with E-state index >= 15 is 0 Å². The number of aliphatic carboxylic acids is 1. The van der Waals surface area contributed by atoms with Gasteiger partial charge in [0.2, 0.25) is 0 Å². The van der Waals surface area contributed by atoms with Crippen LogP contribution in [0.5, 0.6) is 0 Å². The van der Waals surface area contributed by atoms with Crippen LogP contribution in [-0.4, -0.2) is 44.9 Å². The van der Waals surface area contributed by atoms with Crippen molar-refractivity contribution in [3.8, 4) is 0 Å². The maximum atomic E-state index is 11.9. The van der Waals surface area contributed by atoms with E-state index in [0.717, 1.165) is 21.8 Å². The van der Waals surface area contributed by atoms with E-state index in [9.17, 15) is 15.0 Å². The van der Waals surface area contributed by atoms with E-state index < -0.39 is 17.6 Å². The summed E-state index contributed by atoms with van der Waals surface area (Å²) in [6.07, 6.45) is 4.36. The van der Waals surface area contributed by atoms with Crippen molar-refractivity contribution >= 4 is 17.7 Å². The number of thioether (sulfide) groups is 1. The third-order valence-corrected chi connectivity index (χ3v) is 5.82. The lowest BCUT2D eigenvalue weighted by atomic mass is 9.84. The van der Waals surface area contributed by atoms with E-state index in [2.05, 4.69) is 11.9 Å². The minimum Gasteiger partial charge on any atom is -0.480 e. The molecule has 2 aromatic rings. The minimum absolute atomic E-state index is 0.492. The number of likely N-dealkylation sites (tertiary alicyclic amines) is 1. The fourth-order valence-electron chi connectivity index (χ4n) is 3.50. The number of piperidine rings is 1. The zero-order valence-electron chi connectivity index (χ0n) is 14.8. The number of carboxylic acid groups (broad SMARTS) is 1. The van der Waals surface area contributed by atoms with Gasteiger partial charge in [-0.3, -0.25) is 14.7 Å². The topological polar surface area (TPSA) is 73.7 Å². The standard InChI is InChI=1S/C20H24N2O3S/c1-2-26-17-7-5-15(6-8-17)18(19(23)24)22-12-9-20(25,10-13-22)16-4-3-11-21-14-16/h3-8,11,14,18,25H,2,9-10,12-13H2,1H3,(H,23,24)/t18-/m0/s1. The summed E-state index contributed by atoms with van der Waals surface area (Å²) in [6, 6.07) is 10.8. The van der Waals surface area contributed by atoms with Gasteiger partial charge in [-0.1, -0.05) is 25.1 Å². The van der Waals surface area contributed by atoms with Crippen LogP contribution in [0.4, 0.5) is 0 Å². The summed E-state index contributed by atoms with van der Waals surface area (Å²) in [4.78, 5) is 19.1. The lowest BCUT2D eigenvalue weighted by Gasteiger charge is -2.40. The number of rotatable bonds is 6. The lowest BCUT2D eigenvalue weighted by molar-refractivity contribution is -0.146. The number of carboxylic acids is 1. The number of aromatic nitrogens is 1.